The van der Waals surface area contributed by atoms with E-state index in [0.29, 0.717) is 17.2 Å². The zero-order valence-corrected chi connectivity index (χ0v) is 10.0. The summed E-state index contributed by atoms with van der Waals surface area (Å²) in [5.41, 5.74) is 0. The molecule has 1 unspecified atom stereocenters. The molecule has 3 rings (SSSR count). The monoisotopic (exact) mass is 249 g/mol. The summed E-state index contributed by atoms with van der Waals surface area (Å²) in [6.45, 7) is 0.430. The summed E-state index contributed by atoms with van der Waals surface area (Å²) in [4.78, 5) is 4.22. The number of ether oxygens (including phenoxy) is 2. The van der Waals surface area contributed by atoms with E-state index in [1.54, 1.807) is 4.68 Å². The summed E-state index contributed by atoms with van der Waals surface area (Å²) in [6, 6.07) is 7.58. The van der Waals surface area contributed by atoms with Gasteiger partial charge in [0, 0.05) is 7.05 Å². The molecule has 88 valence electrons. The second-order valence-corrected chi connectivity index (χ2v) is 4.18. The first kappa shape index (κ1) is 10.3. The third-order valence-corrected chi connectivity index (χ3v) is 2.96. The van der Waals surface area contributed by atoms with Gasteiger partial charge in [-0.15, -0.1) is 0 Å². The van der Waals surface area contributed by atoms with Gasteiger partial charge in [0.15, 0.2) is 23.4 Å². The SMILES string of the molecule is Cn1[nH]c(C2COc3ccccc3O2)nc1=S. The van der Waals surface area contributed by atoms with Crippen LogP contribution in [0, 0.1) is 4.77 Å². The molecular formula is C11H11N3O2S. The van der Waals surface area contributed by atoms with Crippen molar-refractivity contribution in [1.82, 2.24) is 14.8 Å². The predicted molar refractivity (Wildman–Crippen MR) is 63.7 cm³/mol. The highest BCUT2D eigenvalue weighted by Crippen LogP contribution is 2.34. The zero-order valence-electron chi connectivity index (χ0n) is 9.21. The molecule has 0 radical (unpaired) electrons. The van der Waals surface area contributed by atoms with E-state index >= 15 is 0 Å². The van der Waals surface area contributed by atoms with Gasteiger partial charge in [0.05, 0.1) is 0 Å². The summed E-state index contributed by atoms with van der Waals surface area (Å²) in [7, 11) is 1.82. The lowest BCUT2D eigenvalue weighted by atomic mass is 10.2. The van der Waals surface area contributed by atoms with Crippen LogP contribution in [0.15, 0.2) is 24.3 Å². The zero-order chi connectivity index (χ0) is 11.8. The van der Waals surface area contributed by atoms with E-state index in [4.69, 9.17) is 21.7 Å². The standard InChI is InChI=1S/C11H11N3O2S/c1-14-11(17)12-10(13-14)9-6-15-7-4-2-3-5-8(7)16-9/h2-5,9H,6H2,1H3,(H,12,13,17). The van der Waals surface area contributed by atoms with Crippen LogP contribution in [0.5, 0.6) is 11.5 Å². The van der Waals surface area contributed by atoms with Crippen molar-refractivity contribution in [2.45, 2.75) is 6.10 Å². The van der Waals surface area contributed by atoms with Crippen molar-refractivity contribution in [2.75, 3.05) is 6.61 Å². The van der Waals surface area contributed by atoms with Crippen LogP contribution in [-0.2, 0) is 7.05 Å². The number of aromatic amines is 1. The number of aryl methyl sites for hydroxylation is 1. The first-order valence-corrected chi connectivity index (χ1v) is 5.66. The van der Waals surface area contributed by atoms with Crippen molar-refractivity contribution in [3.05, 3.63) is 34.9 Å². The highest BCUT2D eigenvalue weighted by atomic mass is 32.1. The Morgan fingerprint density at radius 1 is 1.41 bits per heavy atom. The normalized spacial score (nSPS) is 18.1. The van der Waals surface area contributed by atoms with Crippen LogP contribution in [0.4, 0.5) is 0 Å². The molecule has 1 aromatic carbocycles. The number of aromatic nitrogens is 3. The third-order valence-electron chi connectivity index (χ3n) is 2.60. The molecule has 1 aliphatic rings. The Hall–Kier alpha value is -1.82. The number of benzene rings is 1. The van der Waals surface area contributed by atoms with Gasteiger partial charge in [-0.2, -0.15) is 0 Å². The van der Waals surface area contributed by atoms with Gasteiger partial charge in [-0.05, 0) is 24.4 Å². The van der Waals surface area contributed by atoms with E-state index in [9.17, 15) is 0 Å². The number of fused-ring (bicyclic) bond motifs is 1. The molecule has 0 saturated carbocycles. The molecule has 0 aliphatic carbocycles. The van der Waals surface area contributed by atoms with E-state index in [2.05, 4.69) is 10.1 Å². The number of nitrogens with one attached hydrogen (secondary N) is 1. The molecule has 0 spiro atoms. The van der Waals surface area contributed by atoms with E-state index in [0.717, 1.165) is 11.5 Å². The topological polar surface area (TPSA) is 52.1 Å². The van der Waals surface area contributed by atoms with Crippen LogP contribution in [0.2, 0.25) is 0 Å². The first-order valence-electron chi connectivity index (χ1n) is 5.25. The fourth-order valence-corrected chi connectivity index (χ4v) is 1.86. The summed E-state index contributed by atoms with van der Waals surface area (Å²) in [5.74, 6) is 2.18. The Kier molecular flexibility index (Phi) is 2.36. The van der Waals surface area contributed by atoms with E-state index in [1.165, 1.54) is 0 Å². The minimum atomic E-state index is -0.243. The molecule has 17 heavy (non-hydrogen) atoms. The largest absolute Gasteiger partial charge is 0.485 e. The Balaban J connectivity index is 1.91. The molecule has 1 N–H and O–H groups in total. The number of H-pyrrole nitrogens is 1. The maximum absolute atomic E-state index is 5.81. The van der Waals surface area contributed by atoms with Crippen molar-refractivity contribution in [2.24, 2.45) is 7.05 Å². The lowest BCUT2D eigenvalue weighted by molar-refractivity contribution is 0.0850. The second kappa shape index (κ2) is 3.89. The van der Waals surface area contributed by atoms with Gasteiger partial charge in [-0.1, -0.05) is 12.1 Å². The predicted octanol–water partition coefficient (Wildman–Crippen LogP) is 1.99. The van der Waals surface area contributed by atoms with Crippen LogP contribution in [-0.4, -0.2) is 21.4 Å². The molecule has 0 amide bonds. The lowest BCUT2D eigenvalue weighted by Gasteiger charge is -2.24. The van der Waals surface area contributed by atoms with Crippen molar-refractivity contribution in [3.63, 3.8) is 0 Å². The number of rotatable bonds is 1. The van der Waals surface area contributed by atoms with Crippen molar-refractivity contribution in [1.29, 1.82) is 0 Å². The van der Waals surface area contributed by atoms with Gasteiger partial charge in [0.2, 0.25) is 4.77 Å². The van der Waals surface area contributed by atoms with E-state index in [1.807, 2.05) is 31.3 Å². The van der Waals surface area contributed by atoms with Crippen molar-refractivity contribution >= 4 is 12.2 Å². The molecule has 1 atom stereocenters. The molecule has 0 saturated heterocycles. The fraction of sp³-hybridized carbons (Fsp3) is 0.273. The Labute approximate surface area is 103 Å². The van der Waals surface area contributed by atoms with Gasteiger partial charge in [-0.3, -0.25) is 9.78 Å². The number of hydrogen-bond acceptors (Lipinski definition) is 4. The first-order chi connectivity index (χ1) is 8.24. The molecular weight excluding hydrogens is 238 g/mol. The minimum absolute atomic E-state index is 0.243. The van der Waals surface area contributed by atoms with Crippen LogP contribution < -0.4 is 9.47 Å². The highest BCUT2D eigenvalue weighted by molar-refractivity contribution is 7.71. The smallest absolute Gasteiger partial charge is 0.215 e. The van der Waals surface area contributed by atoms with E-state index in [-0.39, 0.29) is 6.10 Å². The summed E-state index contributed by atoms with van der Waals surface area (Å²) >= 11 is 5.05. The second-order valence-electron chi connectivity index (χ2n) is 3.81. The van der Waals surface area contributed by atoms with Crippen LogP contribution in [0.25, 0.3) is 0 Å². The quantitative estimate of drug-likeness (QED) is 0.785. The average Bonchev–Trinajstić information content (AvgIpc) is 2.69. The summed E-state index contributed by atoms with van der Waals surface area (Å²) in [6.07, 6.45) is -0.243. The van der Waals surface area contributed by atoms with Crippen molar-refractivity contribution in [3.8, 4) is 11.5 Å². The molecule has 2 heterocycles. The number of hydrogen-bond donors (Lipinski definition) is 1. The maximum atomic E-state index is 5.81. The van der Waals surface area contributed by atoms with Crippen LogP contribution in [0.1, 0.15) is 11.9 Å². The van der Waals surface area contributed by atoms with E-state index < -0.39 is 0 Å². The Bertz CT molecular complexity index is 605. The van der Waals surface area contributed by atoms with Crippen molar-refractivity contribution < 1.29 is 9.47 Å². The molecule has 0 fully saturated rings. The minimum Gasteiger partial charge on any atom is -0.485 e. The molecule has 6 heteroatoms. The lowest BCUT2D eigenvalue weighted by Crippen LogP contribution is -2.22. The maximum Gasteiger partial charge on any atom is 0.215 e. The highest BCUT2D eigenvalue weighted by Gasteiger charge is 2.24. The fourth-order valence-electron chi connectivity index (χ4n) is 1.72. The Morgan fingerprint density at radius 2 is 2.18 bits per heavy atom. The molecule has 5 nitrogen and oxygen atoms in total. The Morgan fingerprint density at radius 3 is 2.88 bits per heavy atom. The van der Waals surface area contributed by atoms with Gasteiger partial charge >= 0.3 is 0 Å². The molecule has 0 bridgehead atoms. The molecule has 2 aromatic rings. The number of nitrogens with zero attached hydrogens (tertiary/aromatic N) is 2. The van der Waals surface area contributed by atoms with Crippen LogP contribution in [0.3, 0.4) is 0 Å². The number of para-hydroxylation sites is 2. The molecule has 1 aromatic heterocycles. The van der Waals surface area contributed by atoms with Gasteiger partial charge in [-0.25, -0.2) is 4.98 Å². The summed E-state index contributed by atoms with van der Waals surface area (Å²) < 4.78 is 13.6. The van der Waals surface area contributed by atoms with Gasteiger partial charge in [0.25, 0.3) is 0 Å². The van der Waals surface area contributed by atoms with Crippen LogP contribution >= 0.6 is 12.2 Å². The summed E-state index contributed by atoms with van der Waals surface area (Å²) in [5, 5.41) is 3.04. The average molecular weight is 249 g/mol. The van der Waals surface area contributed by atoms with Gasteiger partial charge in [0.1, 0.15) is 6.61 Å². The van der Waals surface area contributed by atoms with Gasteiger partial charge < -0.3 is 9.47 Å². The third kappa shape index (κ3) is 1.80. The molecule has 1 aliphatic heterocycles.